The molecule has 86 valence electrons. The van der Waals surface area contributed by atoms with Gasteiger partial charge in [0.2, 0.25) is 0 Å². The molecule has 0 bridgehead atoms. The molecule has 0 radical (unpaired) electrons. The van der Waals surface area contributed by atoms with Crippen molar-refractivity contribution in [3.05, 3.63) is 24.5 Å². The van der Waals surface area contributed by atoms with Crippen LogP contribution in [0.15, 0.2) is 24.5 Å². The second-order valence-electron chi connectivity index (χ2n) is 3.63. The second-order valence-corrected chi connectivity index (χ2v) is 4.70. The first-order valence-corrected chi connectivity index (χ1v) is 6.14. The summed E-state index contributed by atoms with van der Waals surface area (Å²) in [6.45, 7) is 2.85. The zero-order valence-electron chi connectivity index (χ0n) is 9.29. The fraction of sp³-hybridized carbons (Fsp3) is 0.182. The van der Waals surface area contributed by atoms with Crippen molar-refractivity contribution in [1.82, 2.24) is 19.7 Å². The van der Waals surface area contributed by atoms with Gasteiger partial charge in [0.15, 0.2) is 11.0 Å². The Balaban J connectivity index is 2.17. The number of benzene rings is 1. The number of anilines is 1. The van der Waals surface area contributed by atoms with Crippen LogP contribution >= 0.6 is 11.3 Å². The van der Waals surface area contributed by atoms with Gasteiger partial charge in [-0.05, 0) is 25.1 Å². The standard InChI is InChI=1S/C11H11N5S/c1-2-16-10(13-6-14-16)7-3-4-8-9(5-7)17-11(12)15-8/h3-6H,2H2,1H3,(H2,12,15). The minimum atomic E-state index is 0.592. The van der Waals surface area contributed by atoms with Gasteiger partial charge in [-0.25, -0.2) is 14.6 Å². The van der Waals surface area contributed by atoms with E-state index in [4.69, 9.17) is 5.73 Å². The summed E-state index contributed by atoms with van der Waals surface area (Å²) in [5.41, 5.74) is 7.66. The van der Waals surface area contributed by atoms with Gasteiger partial charge in [0, 0.05) is 12.1 Å². The quantitative estimate of drug-likeness (QED) is 0.751. The lowest BCUT2D eigenvalue weighted by molar-refractivity contribution is 0.666. The topological polar surface area (TPSA) is 69.6 Å². The number of aromatic nitrogens is 4. The summed E-state index contributed by atoms with van der Waals surface area (Å²) in [6, 6.07) is 6.02. The Morgan fingerprint density at radius 1 is 1.41 bits per heavy atom. The number of nitrogen functional groups attached to an aromatic ring is 1. The van der Waals surface area contributed by atoms with E-state index in [1.807, 2.05) is 23.7 Å². The van der Waals surface area contributed by atoms with E-state index in [9.17, 15) is 0 Å². The molecule has 6 heteroatoms. The predicted molar refractivity (Wildman–Crippen MR) is 68.7 cm³/mol. The summed E-state index contributed by atoms with van der Waals surface area (Å²) >= 11 is 1.49. The SMILES string of the molecule is CCn1ncnc1-c1ccc2nc(N)sc2c1. The number of nitrogens with zero attached hydrogens (tertiary/aromatic N) is 4. The third-order valence-electron chi connectivity index (χ3n) is 2.58. The Kier molecular flexibility index (Phi) is 2.29. The van der Waals surface area contributed by atoms with Crippen LogP contribution in [0.5, 0.6) is 0 Å². The highest BCUT2D eigenvalue weighted by Crippen LogP contribution is 2.28. The molecule has 0 aliphatic rings. The number of hydrogen-bond donors (Lipinski definition) is 1. The molecular formula is C11H11N5S. The zero-order chi connectivity index (χ0) is 11.8. The molecule has 2 heterocycles. The van der Waals surface area contributed by atoms with Crippen molar-refractivity contribution in [3.8, 4) is 11.4 Å². The van der Waals surface area contributed by atoms with E-state index in [1.165, 1.54) is 11.3 Å². The van der Waals surface area contributed by atoms with Gasteiger partial charge in [0.1, 0.15) is 6.33 Å². The molecule has 0 spiro atoms. The fourth-order valence-corrected chi connectivity index (χ4v) is 2.57. The Hall–Kier alpha value is -1.95. The molecule has 0 fully saturated rings. The molecule has 3 aromatic rings. The highest BCUT2D eigenvalue weighted by molar-refractivity contribution is 7.22. The molecule has 2 N–H and O–H groups in total. The minimum absolute atomic E-state index is 0.592. The molecule has 0 saturated carbocycles. The van der Waals surface area contributed by atoms with E-state index in [0.717, 1.165) is 28.1 Å². The third kappa shape index (κ3) is 1.66. The van der Waals surface area contributed by atoms with Gasteiger partial charge < -0.3 is 5.73 Å². The van der Waals surface area contributed by atoms with Crippen molar-refractivity contribution in [2.45, 2.75) is 13.5 Å². The van der Waals surface area contributed by atoms with Gasteiger partial charge in [0.25, 0.3) is 0 Å². The average molecular weight is 245 g/mol. The number of hydrogen-bond acceptors (Lipinski definition) is 5. The van der Waals surface area contributed by atoms with Gasteiger partial charge in [0.05, 0.1) is 10.2 Å². The molecule has 0 aliphatic heterocycles. The third-order valence-corrected chi connectivity index (χ3v) is 3.43. The molecule has 0 saturated heterocycles. The van der Waals surface area contributed by atoms with Gasteiger partial charge in [-0.3, -0.25) is 0 Å². The lowest BCUT2D eigenvalue weighted by Gasteiger charge is -2.02. The lowest BCUT2D eigenvalue weighted by Crippen LogP contribution is -1.99. The van der Waals surface area contributed by atoms with Crippen molar-refractivity contribution < 1.29 is 0 Å². The van der Waals surface area contributed by atoms with E-state index < -0.39 is 0 Å². The predicted octanol–water partition coefficient (Wildman–Crippen LogP) is 2.16. The maximum absolute atomic E-state index is 5.69. The van der Waals surface area contributed by atoms with E-state index in [2.05, 4.69) is 21.1 Å². The summed E-state index contributed by atoms with van der Waals surface area (Å²) in [5.74, 6) is 0.876. The first-order chi connectivity index (χ1) is 8.28. The van der Waals surface area contributed by atoms with E-state index >= 15 is 0 Å². The highest BCUT2D eigenvalue weighted by Gasteiger charge is 2.08. The number of fused-ring (bicyclic) bond motifs is 1. The summed E-state index contributed by atoms with van der Waals surface area (Å²) in [7, 11) is 0. The maximum Gasteiger partial charge on any atom is 0.181 e. The Labute approximate surface area is 102 Å². The van der Waals surface area contributed by atoms with Crippen LogP contribution < -0.4 is 5.73 Å². The van der Waals surface area contributed by atoms with Crippen LogP contribution in [-0.2, 0) is 6.54 Å². The fourth-order valence-electron chi connectivity index (χ4n) is 1.80. The first-order valence-electron chi connectivity index (χ1n) is 5.32. The van der Waals surface area contributed by atoms with Crippen LogP contribution in [0, 0.1) is 0 Å². The number of aryl methyl sites for hydroxylation is 1. The summed E-state index contributed by atoms with van der Waals surface area (Å²) in [6.07, 6.45) is 1.57. The molecule has 0 atom stereocenters. The number of nitrogens with two attached hydrogens (primary N) is 1. The lowest BCUT2D eigenvalue weighted by atomic mass is 10.2. The Bertz CT molecular complexity index is 669. The van der Waals surface area contributed by atoms with Crippen LogP contribution in [0.2, 0.25) is 0 Å². The molecule has 0 aliphatic carbocycles. The smallest absolute Gasteiger partial charge is 0.181 e. The molecule has 2 aromatic heterocycles. The van der Waals surface area contributed by atoms with E-state index in [-0.39, 0.29) is 0 Å². The molecule has 5 nitrogen and oxygen atoms in total. The normalized spacial score (nSPS) is 11.1. The van der Waals surface area contributed by atoms with Gasteiger partial charge in [-0.1, -0.05) is 11.3 Å². The minimum Gasteiger partial charge on any atom is -0.375 e. The molecule has 0 unspecified atom stereocenters. The van der Waals surface area contributed by atoms with Crippen LogP contribution in [0.1, 0.15) is 6.92 Å². The van der Waals surface area contributed by atoms with Crippen LogP contribution in [0.25, 0.3) is 21.6 Å². The highest BCUT2D eigenvalue weighted by atomic mass is 32.1. The monoisotopic (exact) mass is 245 g/mol. The summed E-state index contributed by atoms with van der Waals surface area (Å²) in [5, 5.41) is 4.76. The van der Waals surface area contributed by atoms with Crippen molar-refractivity contribution >= 4 is 26.7 Å². The molecule has 3 rings (SSSR count). The maximum atomic E-state index is 5.69. The summed E-state index contributed by atoms with van der Waals surface area (Å²) < 4.78 is 2.94. The first kappa shape index (κ1) is 10.2. The van der Waals surface area contributed by atoms with Crippen molar-refractivity contribution in [1.29, 1.82) is 0 Å². The van der Waals surface area contributed by atoms with Crippen LogP contribution in [0.4, 0.5) is 5.13 Å². The summed E-state index contributed by atoms with van der Waals surface area (Å²) in [4.78, 5) is 8.51. The van der Waals surface area contributed by atoms with Crippen molar-refractivity contribution in [2.75, 3.05) is 5.73 Å². The van der Waals surface area contributed by atoms with Gasteiger partial charge >= 0.3 is 0 Å². The molecular weight excluding hydrogens is 234 g/mol. The average Bonchev–Trinajstić information content (AvgIpc) is 2.91. The van der Waals surface area contributed by atoms with Crippen molar-refractivity contribution in [3.63, 3.8) is 0 Å². The number of rotatable bonds is 2. The zero-order valence-corrected chi connectivity index (χ0v) is 10.1. The molecule has 17 heavy (non-hydrogen) atoms. The molecule has 1 aromatic carbocycles. The Morgan fingerprint density at radius 3 is 3.12 bits per heavy atom. The van der Waals surface area contributed by atoms with E-state index in [1.54, 1.807) is 6.33 Å². The van der Waals surface area contributed by atoms with Crippen LogP contribution in [0.3, 0.4) is 0 Å². The Morgan fingerprint density at radius 2 is 2.29 bits per heavy atom. The largest absolute Gasteiger partial charge is 0.375 e. The van der Waals surface area contributed by atoms with Crippen LogP contribution in [-0.4, -0.2) is 19.7 Å². The van der Waals surface area contributed by atoms with Crippen molar-refractivity contribution in [2.24, 2.45) is 0 Å². The van der Waals surface area contributed by atoms with Gasteiger partial charge in [-0.15, -0.1) is 0 Å². The second kappa shape index (κ2) is 3.81. The van der Waals surface area contributed by atoms with E-state index in [0.29, 0.717) is 5.13 Å². The molecule has 0 amide bonds. The van der Waals surface area contributed by atoms with Gasteiger partial charge in [-0.2, -0.15) is 5.10 Å². The number of thiazole rings is 1.